The summed E-state index contributed by atoms with van der Waals surface area (Å²) in [5, 5.41) is 0.746. The predicted molar refractivity (Wildman–Crippen MR) is 81.1 cm³/mol. The van der Waals surface area contributed by atoms with E-state index in [1.165, 1.54) is 6.26 Å². The molecule has 0 radical (unpaired) electrons. The predicted octanol–water partition coefficient (Wildman–Crippen LogP) is 2.37. The van der Waals surface area contributed by atoms with Gasteiger partial charge >= 0.3 is 5.97 Å². The molecule has 0 aliphatic carbocycles. The average Bonchev–Trinajstić information content (AvgIpc) is 2.63. The highest BCUT2D eigenvalue weighted by atomic mass is 32.2. The summed E-state index contributed by atoms with van der Waals surface area (Å²) >= 11 is 0. The number of sulfone groups is 1. The van der Waals surface area contributed by atoms with E-state index >= 15 is 0 Å². The van der Waals surface area contributed by atoms with Crippen molar-refractivity contribution in [2.24, 2.45) is 0 Å². The Labute approximate surface area is 124 Å². The summed E-state index contributed by atoms with van der Waals surface area (Å²) < 4.78 is 28.5. The molecule has 0 spiro atoms. The van der Waals surface area contributed by atoms with Gasteiger partial charge in [-0.3, -0.25) is 4.79 Å². The Bertz CT molecular complexity index is 787. The smallest absolute Gasteiger partial charge is 0.310 e. The van der Waals surface area contributed by atoms with Crippen LogP contribution in [0.25, 0.3) is 10.9 Å². The number of hydrogen-bond acceptors (Lipinski definition) is 4. The van der Waals surface area contributed by atoms with Crippen LogP contribution in [0.4, 0.5) is 0 Å². The van der Waals surface area contributed by atoms with Gasteiger partial charge in [-0.05, 0) is 44.5 Å². The molecule has 0 aliphatic rings. The minimum absolute atomic E-state index is 0.122. The van der Waals surface area contributed by atoms with E-state index in [0.29, 0.717) is 0 Å². The van der Waals surface area contributed by atoms with Crippen LogP contribution < -0.4 is 0 Å². The first kappa shape index (κ1) is 15.6. The maximum absolute atomic E-state index is 11.8. The number of ether oxygens (including phenoxy) is 1. The van der Waals surface area contributed by atoms with Gasteiger partial charge in [-0.15, -0.1) is 0 Å². The Morgan fingerprint density at radius 1 is 1.33 bits per heavy atom. The standard InChI is InChI=1S/C15H19NO4S/c1-9(2)20-15(17)8-12-10(3)16-14-6-5-11(7-13(12)14)21(4,18)19/h5-7,9,16H,8H2,1-4H3. The molecule has 0 atom stereocenters. The van der Waals surface area contributed by atoms with Crippen molar-refractivity contribution in [1.29, 1.82) is 0 Å². The first-order valence-electron chi connectivity index (χ1n) is 6.69. The lowest BCUT2D eigenvalue weighted by Gasteiger charge is -2.08. The second-order valence-corrected chi connectivity index (χ2v) is 7.44. The van der Waals surface area contributed by atoms with Gasteiger partial charge in [0.05, 0.1) is 17.4 Å². The van der Waals surface area contributed by atoms with Gasteiger partial charge in [0.1, 0.15) is 0 Å². The van der Waals surface area contributed by atoms with Crippen molar-refractivity contribution in [3.05, 3.63) is 29.5 Å². The number of esters is 1. The normalized spacial score (nSPS) is 12.0. The molecule has 6 heteroatoms. The third-order valence-corrected chi connectivity index (χ3v) is 4.32. The third-order valence-electron chi connectivity index (χ3n) is 3.21. The topological polar surface area (TPSA) is 76.2 Å². The van der Waals surface area contributed by atoms with E-state index in [9.17, 15) is 13.2 Å². The Morgan fingerprint density at radius 3 is 2.57 bits per heavy atom. The van der Waals surface area contributed by atoms with E-state index in [-0.39, 0.29) is 23.4 Å². The van der Waals surface area contributed by atoms with Crippen molar-refractivity contribution in [2.75, 3.05) is 6.26 Å². The molecule has 1 aromatic carbocycles. The highest BCUT2D eigenvalue weighted by Crippen LogP contribution is 2.26. The molecule has 114 valence electrons. The maximum Gasteiger partial charge on any atom is 0.310 e. The van der Waals surface area contributed by atoms with Gasteiger partial charge in [-0.1, -0.05) is 0 Å². The summed E-state index contributed by atoms with van der Waals surface area (Å²) in [6.45, 7) is 5.45. The molecule has 5 nitrogen and oxygen atoms in total. The molecule has 0 aliphatic heterocycles. The lowest BCUT2D eigenvalue weighted by atomic mass is 10.1. The van der Waals surface area contributed by atoms with Crippen LogP contribution in [0.15, 0.2) is 23.1 Å². The highest BCUT2D eigenvalue weighted by molar-refractivity contribution is 7.90. The van der Waals surface area contributed by atoms with Crippen molar-refractivity contribution in [3.63, 3.8) is 0 Å². The Hall–Kier alpha value is -1.82. The molecule has 0 saturated carbocycles. The number of benzene rings is 1. The number of rotatable bonds is 4. The zero-order valence-corrected chi connectivity index (χ0v) is 13.4. The number of aromatic nitrogens is 1. The zero-order valence-electron chi connectivity index (χ0n) is 12.6. The second-order valence-electron chi connectivity index (χ2n) is 5.42. The first-order chi connectivity index (χ1) is 9.68. The monoisotopic (exact) mass is 309 g/mol. The summed E-state index contributed by atoms with van der Waals surface area (Å²) in [6, 6.07) is 4.88. The molecule has 2 rings (SSSR count). The van der Waals surface area contributed by atoms with Crippen molar-refractivity contribution in [2.45, 2.75) is 38.2 Å². The highest BCUT2D eigenvalue weighted by Gasteiger charge is 2.16. The van der Waals surface area contributed by atoms with Crippen LogP contribution in [0, 0.1) is 6.92 Å². The summed E-state index contributed by atoms with van der Waals surface area (Å²) in [7, 11) is -3.28. The van der Waals surface area contributed by atoms with Gasteiger partial charge in [0.25, 0.3) is 0 Å². The van der Waals surface area contributed by atoms with Crippen molar-refractivity contribution in [1.82, 2.24) is 4.98 Å². The molecule has 1 heterocycles. The molecule has 0 fully saturated rings. The molecule has 21 heavy (non-hydrogen) atoms. The lowest BCUT2D eigenvalue weighted by molar-refractivity contribution is -0.146. The van der Waals surface area contributed by atoms with Crippen LogP contribution in [0.1, 0.15) is 25.1 Å². The Balaban J connectivity index is 2.47. The van der Waals surface area contributed by atoms with Gasteiger partial charge in [0.2, 0.25) is 0 Å². The van der Waals surface area contributed by atoms with Crippen molar-refractivity contribution >= 4 is 26.7 Å². The second kappa shape index (κ2) is 5.52. The summed E-state index contributed by atoms with van der Waals surface area (Å²) in [6.07, 6.45) is 1.12. The van der Waals surface area contributed by atoms with Crippen LogP contribution >= 0.6 is 0 Å². The number of fused-ring (bicyclic) bond motifs is 1. The Morgan fingerprint density at radius 2 is 2.00 bits per heavy atom. The van der Waals surface area contributed by atoms with Crippen LogP contribution in [0.2, 0.25) is 0 Å². The summed E-state index contributed by atoms with van der Waals surface area (Å²) in [5.41, 5.74) is 2.43. The van der Waals surface area contributed by atoms with Crippen molar-refractivity contribution < 1.29 is 17.9 Å². The maximum atomic E-state index is 11.8. The SMILES string of the molecule is Cc1[nH]c2ccc(S(C)(=O)=O)cc2c1CC(=O)OC(C)C. The summed E-state index contributed by atoms with van der Waals surface area (Å²) in [4.78, 5) is 15.2. The number of hydrogen-bond donors (Lipinski definition) is 1. The van der Waals surface area contributed by atoms with E-state index in [0.717, 1.165) is 22.2 Å². The minimum Gasteiger partial charge on any atom is -0.463 e. The van der Waals surface area contributed by atoms with Crippen molar-refractivity contribution in [3.8, 4) is 0 Å². The fourth-order valence-electron chi connectivity index (χ4n) is 2.27. The van der Waals surface area contributed by atoms with Gasteiger partial charge < -0.3 is 9.72 Å². The number of carbonyl (C=O) groups excluding carboxylic acids is 1. The van der Waals surface area contributed by atoms with Crippen LogP contribution in [0.5, 0.6) is 0 Å². The molecular formula is C15H19NO4S. The van der Waals surface area contributed by atoms with E-state index < -0.39 is 9.84 Å². The van der Waals surface area contributed by atoms with Gasteiger partial charge in [0.15, 0.2) is 9.84 Å². The lowest BCUT2D eigenvalue weighted by Crippen LogP contribution is -2.13. The molecule has 2 aromatic rings. The van der Waals surface area contributed by atoms with Gasteiger partial charge in [-0.25, -0.2) is 8.42 Å². The van der Waals surface area contributed by atoms with E-state index in [4.69, 9.17) is 4.74 Å². The molecule has 0 unspecified atom stereocenters. The van der Waals surface area contributed by atoms with E-state index in [2.05, 4.69) is 4.98 Å². The average molecular weight is 309 g/mol. The number of H-pyrrole nitrogens is 1. The summed E-state index contributed by atoms with van der Waals surface area (Å²) in [5.74, 6) is -0.321. The van der Waals surface area contributed by atoms with Crippen LogP contribution in [-0.2, 0) is 25.8 Å². The largest absolute Gasteiger partial charge is 0.463 e. The van der Waals surface area contributed by atoms with Crippen LogP contribution in [-0.4, -0.2) is 31.7 Å². The fourth-order valence-corrected chi connectivity index (χ4v) is 2.92. The van der Waals surface area contributed by atoms with E-state index in [1.54, 1.807) is 32.0 Å². The first-order valence-corrected chi connectivity index (χ1v) is 8.58. The van der Waals surface area contributed by atoms with Gasteiger partial charge in [-0.2, -0.15) is 0 Å². The molecule has 1 aromatic heterocycles. The van der Waals surface area contributed by atoms with Crippen LogP contribution in [0.3, 0.4) is 0 Å². The molecule has 0 bridgehead atoms. The number of nitrogens with one attached hydrogen (secondary N) is 1. The number of aromatic amines is 1. The molecule has 0 amide bonds. The minimum atomic E-state index is -3.28. The van der Waals surface area contributed by atoms with E-state index in [1.807, 2.05) is 6.92 Å². The Kier molecular flexibility index (Phi) is 4.09. The third kappa shape index (κ3) is 3.44. The zero-order chi connectivity index (χ0) is 15.8. The van der Waals surface area contributed by atoms with Gasteiger partial charge in [0, 0.05) is 22.9 Å². The molecular weight excluding hydrogens is 290 g/mol. The molecule has 1 N–H and O–H groups in total. The fraction of sp³-hybridized carbons (Fsp3) is 0.400. The molecule has 0 saturated heterocycles. The number of aryl methyl sites for hydroxylation is 1. The number of carbonyl (C=O) groups is 1. The quantitative estimate of drug-likeness (QED) is 0.880.